The van der Waals surface area contributed by atoms with Gasteiger partial charge >= 0.3 is 5.97 Å². The molecule has 76 valence electrons. The van der Waals surface area contributed by atoms with Gasteiger partial charge in [-0.25, -0.2) is 0 Å². The third-order valence-electron chi connectivity index (χ3n) is 3.21. The lowest BCUT2D eigenvalue weighted by atomic mass is 9.87. The van der Waals surface area contributed by atoms with Crippen LogP contribution in [0.2, 0.25) is 0 Å². The van der Waals surface area contributed by atoms with E-state index in [1.54, 1.807) is 0 Å². The van der Waals surface area contributed by atoms with Crippen molar-refractivity contribution in [2.24, 2.45) is 17.6 Å². The highest BCUT2D eigenvalue weighted by Gasteiger charge is 2.48. The van der Waals surface area contributed by atoms with Gasteiger partial charge in [0.25, 0.3) is 0 Å². The Hall–Kier alpha value is -0.570. The summed E-state index contributed by atoms with van der Waals surface area (Å²) in [6.07, 6.45) is 2.35. The summed E-state index contributed by atoms with van der Waals surface area (Å²) in [5.74, 6) is 0.995. The van der Waals surface area contributed by atoms with Crippen molar-refractivity contribution in [2.75, 3.05) is 7.11 Å². The zero-order chi connectivity index (χ0) is 10.1. The Morgan fingerprint density at radius 1 is 1.69 bits per heavy atom. The fraction of sp³-hybridized carbons (Fsp3) is 0.900. The lowest BCUT2D eigenvalue weighted by molar-refractivity contribution is -0.142. The van der Waals surface area contributed by atoms with Gasteiger partial charge in [0, 0.05) is 5.54 Å². The van der Waals surface area contributed by atoms with Gasteiger partial charge < -0.3 is 10.5 Å². The van der Waals surface area contributed by atoms with Crippen molar-refractivity contribution in [1.29, 1.82) is 0 Å². The average molecular weight is 185 g/mol. The van der Waals surface area contributed by atoms with Crippen molar-refractivity contribution in [3.05, 3.63) is 0 Å². The highest BCUT2D eigenvalue weighted by molar-refractivity contribution is 5.70. The maximum absolute atomic E-state index is 11.1. The van der Waals surface area contributed by atoms with Crippen molar-refractivity contribution >= 4 is 5.97 Å². The lowest BCUT2D eigenvalue weighted by Crippen LogP contribution is -2.44. The van der Waals surface area contributed by atoms with Crippen LogP contribution in [0.5, 0.6) is 0 Å². The van der Waals surface area contributed by atoms with E-state index in [4.69, 9.17) is 5.73 Å². The van der Waals surface area contributed by atoms with E-state index in [0.717, 1.165) is 12.8 Å². The molecule has 2 N–H and O–H groups in total. The number of carbonyl (C=O) groups excluding carboxylic acids is 1. The van der Waals surface area contributed by atoms with Crippen molar-refractivity contribution in [2.45, 2.75) is 38.6 Å². The highest BCUT2D eigenvalue weighted by Crippen LogP contribution is 2.47. The number of carbonyl (C=O) groups is 1. The van der Waals surface area contributed by atoms with E-state index in [1.165, 1.54) is 7.11 Å². The topological polar surface area (TPSA) is 52.3 Å². The molecule has 1 fully saturated rings. The number of ether oxygens (including phenoxy) is 1. The molecule has 3 heteroatoms. The number of hydrogen-bond donors (Lipinski definition) is 1. The minimum absolute atomic E-state index is 0.191. The third kappa shape index (κ3) is 2.21. The summed E-state index contributed by atoms with van der Waals surface area (Å²) in [7, 11) is 1.41. The molecular formula is C10H19NO2. The van der Waals surface area contributed by atoms with Gasteiger partial charge in [0.05, 0.1) is 13.5 Å². The molecule has 1 aliphatic rings. The maximum atomic E-state index is 11.1. The number of hydrogen-bond acceptors (Lipinski definition) is 3. The van der Waals surface area contributed by atoms with E-state index in [-0.39, 0.29) is 11.5 Å². The van der Waals surface area contributed by atoms with E-state index < -0.39 is 0 Å². The van der Waals surface area contributed by atoms with Gasteiger partial charge in [-0.1, -0.05) is 13.8 Å². The normalized spacial score (nSPS) is 30.8. The predicted octanol–water partition coefficient (Wildman–Crippen LogP) is 1.31. The zero-order valence-electron chi connectivity index (χ0n) is 8.67. The van der Waals surface area contributed by atoms with Gasteiger partial charge in [-0.3, -0.25) is 4.79 Å². The highest BCUT2D eigenvalue weighted by atomic mass is 16.5. The number of esters is 1. The van der Waals surface area contributed by atoms with Crippen molar-refractivity contribution in [3.63, 3.8) is 0 Å². The van der Waals surface area contributed by atoms with Crippen LogP contribution in [0.3, 0.4) is 0 Å². The summed E-state index contributed by atoms with van der Waals surface area (Å²) in [5.41, 5.74) is 5.84. The Labute approximate surface area is 79.6 Å². The van der Waals surface area contributed by atoms with Crippen LogP contribution in [0.25, 0.3) is 0 Å². The van der Waals surface area contributed by atoms with Crippen LogP contribution in [0.1, 0.15) is 33.1 Å². The van der Waals surface area contributed by atoms with Crippen LogP contribution in [0.4, 0.5) is 0 Å². The number of methoxy groups -OCH3 is 1. The molecule has 0 aromatic carbocycles. The number of nitrogens with two attached hydrogens (primary N) is 1. The first-order chi connectivity index (χ1) is 6.03. The molecule has 0 aliphatic heterocycles. The fourth-order valence-electron chi connectivity index (χ4n) is 1.98. The molecule has 3 nitrogen and oxygen atoms in total. The average Bonchev–Trinajstić information content (AvgIpc) is 2.83. The summed E-state index contributed by atoms with van der Waals surface area (Å²) in [6.45, 7) is 4.22. The SMILES string of the molecule is CCC(N)(CC(=O)OC)C1CC1C. The summed E-state index contributed by atoms with van der Waals surface area (Å²) in [6, 6.07) is 0. The standard InChI is InChI=1S/C10H19NO2/c1-4-10(11,6-9(12)13-3)8-5-7(8)2/h7-8H,4-6,11H2,1-3H3. The van der Waals surface area contributed by atoms with E-state index in [0.29, 0.717) is 18.3 Å². The molecule has 0 saturated heterocycles. The smallest absolute Gasteiger partial charge is 0.307 e. The summed E-state index contributed by atoms with van der Waals surface area (Å²) >= 11 is 0. The Morgan fingerprint density at radius 3 is 2.54 bits per heavy atom. The second-order valence-corrected chi connectivity index (χ2v) is 4.16. The molecule has 0 heterocycles. The third-order valence-corrected chi connectivity index (χ3v) is 3.21. The van der Waals surface area contributed by atoms with Crippen LogP contribution in [0, 0.1) is 11.8 Å². The monoisotopic (exact) mass is 185 g/mol. The Balaban J connectivity index is 2.54. The zero-order valence-corrected chi connectivity index (χ0v) is 8.67. The molecule has 0 aromatic rings. The largest absolute Gasteiger partial charge is 0.469 e. The van der Waals surface area contributed by atoms with Crippen molar-refractivity contribution in [1.82, 2.24) is 0 Å². The second-order valence-electron chi connectivity index (χ2n) is 4.16. The first-order valence-corrected chi connectivity index (χ1v) is 4.89. The first-order valence-electron chi connectivity index (χ1n) is 4.89. The molecule has 0 radical (unpaired) electrons. The second kappa shape index (κ2) is 3.66. The molecule has 0 spiro atoms. The van der Waals surface area contributed by atoms with Gasteiger partial charge in [0.2, 0.25) is 0 Å². The quantitative estimate of drug-likeness (QED) is 0.672. The molecule has 0 amide bonds. The van der Waals surface area contributed by atoms with E-state index >= 15 is 0 Å². The van der Waals surface area contributed by atoms with Gasteiger partial charge in [-0.05, 0) is 24.7 Å². The van der Waals surface area contributed by atoms with E-state index in [1.807, 2.05) is 6.92 Å². The van der Waals surface area contributed by atoms with Crippen LogP contribution in [-0.4, -0.2) is 18.6 Å². The van der Waals surface area contributed by atoms with Gasteiger partial charge in [-0.15, -0.1) is 0 Å². The van der Waals surface area contributed by atoms with Gasteiger partial charge in [0.15, 0.2) is 0 Å². The molecule has 1 rings (SSSR count). The predicted molar refractivity (Wildman–Crippen MR) is 51.1 cm³/mol. The molecule has 3 unspecified atom stereocenters. The molecule has 3 atom stereocenters. The van der Waals surface area contributed by atoms with Crippen molar-refractivity contribution < 1.29 is 9.53 Å². The molecule has 0 bridgehead atoms. The first kappa shape index (κ1) is 10.5. The Morgan fingerprint density at radius 2 is 2.23 bits per heavy atom. The molecule has 1 saturated carbocycles. The fourth-order valence-corrected chi connectivity index (χ4v) is 1.98. The Kier molecular flexibility index (Phi) is 2.96. The van der Waals surface area contributed by atoms with E-state index in [9.17, 15) is 4.79 Å². The molecular weight excluding hydrogens is 166 g/mol. The van der Waals surface area contributed by atoms with Gasteiger partial charge in [-0.2, -0.15) is 0 Å². The van der Waals surface area contributed by atoms with Crippen LogP contribution >= 0.6 is 0 Å². The van der Waals surface area contributed by atoms with Crippen LogP contribution < -0.4 is 5.73 Å². The molecule has 1 aliphatic carbocycles. The lowest BCUT2D eigenvalue weighted by Gasteiger charge is -2.27. The minimum atomic E-state index is -0.327. The van der Waals surface area contributed by atoms with Crippen LogP contribution in [0.15, 0.2) is 0 Å². The van der Waals surface area contributed by atoms with Gasteiger partial charge in [0.1, 0.15) is 0 Å². The maximum Gasteiger partial charge on any atom is 0.307 e. The number of rotatable bonds is 4. The summed E-state index contributed by atoms with van der Waals surface area (Å²) in [5, 5.41) is 0. The minimum Gasteiger partial charge on any atom is -0.469 e. The molecule has 13 heavy (non-hydrogen) atoms. The van der Waals surface area contributed by atoms with E-state index in [2.05, 4.69) is 11.7 Å². The van der Waals surface area contributed by atoms with Crippen molar-refractivity contribution in [3.8, 4) is 0 Å². The Bertz CT molecular complexity index is 205. The van der Waals surface area contributed by atoms with Crippen LogP contribution in [-0.2, 0) is 9.53 Å². The summed E-state index contributed by atoms with van der Waals surface area (Å²) < 4.78 is 4.64. The summed E-state index contributed by atoms with van der Waals surface area (Å²) in [4.78, 5) is 11.1. The molecule has 0 aromatic heterocycles.